The molecule has 0 bridgehead atoms. The van der Waals surface area contributed by atoms with Crippen molar-refractivity contribution < 1.29 is 4.39 Å². The average Bonchev–Trinajstić information content (AvgIpc) is 2.84. The molecule has 0 aliphatic carbocycles. The van der Waals surface area contributed by atoms with E-state index in [1.165, 1.54) is 12.4 Å². The lowest BCUT2D eigenvalue weighted by molar-refractivity contribution is 0.561. The molecule has 0 saturated heterocycles. The Balaban J connectivity index is 2.23. The Morgan fingerprint density at radius 3 is 2.83 bits per heavy atom. The summed E-state index contributed by atoms with van der Waals surface area (Å²) < 4.78 is 15.5. The van der Waals surface area contributed by atoms with Crippen LogP contribution in [0.25, 0.3) is 0 Å². The molecular weight excluding hydrogens is 253 g/mol. The van der Waals surface area contributed by atoms with Crippen molar-refractivity contribution in [2.75, 3.05) is 5.88 Å². The molecule has 0 N–H and O–H groups in total. The van der Waals surface area contributed by atoms with Crippen LogP contribution in [0.1, 0.15) is 24.2 Å². The van der Waals surface area contributed by atoms with Crippen LogP contribution in [0.2, 0.25) is 0 Å². The van der Waals surface area contributed by atoms with E-state index in [4.69, 9.17) is 11.6 Å². The van der Waals surface area contributed by atoms with Crippen molar-refractivity contribution in [1.29, 1.82) is 0 Å². The van der Waals surface area contributed by atoms with Gasteiger partial charge in [-0.05, 0) is 18.6 Å². The van der Waals surface area contributed by atoms with Crippen molar-refractivity contribution >= 4 is 11.6 Å². The third-order valence-electron chi connectivity index (χ3n) is 2.96. The first-order valence-electron chi connectivity index (χ1n) is 5.93. The van der Waals surface area contributed by atoms with Gasteiger partial charge in [-0.3, -0.25) is 4.68 Å². The molecule has 96 valence electrons. The number of halogens is 2. The van der Waals surface area contributed by atoms with Gasteiger partial charge in [0.15, 0.2) is 0 Å². The summed E-state index contributed by atoms with van der Waals surface area (Å²) in [5, 5.41) is 4.11. The normalized spacial score (nSPS) is 12.6. The Morgan fingerprint density at radius 2 is 2.17 bits per heavy atom. The quantitative estimate of drug-likeness (QED) is 0.780. The molecule has 5 heteroatoms. The van der Waals surface area contributed by atoms with Gasteiger partial charge in [0.1, 0.15) is 18.0 Å². The fourth-order valence-electron chi connectivity index (χ4n) is 1.98. The van der Waals surface area contributed by atoms with E-state index < -0.39 is 0 Å². The summed E-state index contributed by atoms with van der Waals surface area (Å²) in [6, 6.07) is 6.73. The summed E-state index contributed by atoms with van der Waals surface area (Å²) in [4.78, 5) is 4.20. The molecule has 3 nitrogen and oxygen atoms in total. The molecule has 1 unspecified atom stereocenters. The lowest BCUT2D eigenvalue weighted by Gasteiger charge is -2.14. The minimum absolute atomic E-state index is 0.0811. The molecule has 0 aliphatic heterocycles. The van der Waals surface area contributed by atoms with E-state index in [9.17, 15) is 4.39 Å². The van der Waals surface area contributed by atoms with E-state index in [2.05, 4.69) is 10.1 Å². The topological polar surface area (TPSA) is 30.7 Å². The number of alkyl halides is 1. The van der Waals surface area contributed by atoms with Crippen molar-refractivity contribution in [2.24, 2.45) is 0 Å². The highest BCUT2D eigenvalue weighted by Crippen LogP contribution is 2.24. The van der Waals surface area contributed by atoms with Gasteiger partial charge in [-0.1, -0.05) is 18.2 Å². The number of rotatable bonds is 5. The highest BCUT2D eigenvalue weighted by Gasteiger charge is 2.17. The maximum Gasteiger partial charge on any atom is 0.138 e. The number of benzene rings is 1. The molecule has 0 aliphatic rings. The highest BCUT2D eigenvalue weighted by atomic mass is 35.5. The Labute approximate surface area is 111 Å². The van der Waals surface area contributed by atoms with Crippen LogP contribution in [-0.4, -0.2) is 20.6 Å². The van der Waals surface area contributed by atoms with E-state index in [0.717, 1.165) is 12.4 Å². The minimum Gasteiger partial charge on any atom is -0.250 e. The van der Waals surface area contributed by atoms with Crippen LogP contribution in [0.15, 0.2) is 30.6 Å². The first kappa shape index (κ1) is 13.0. The van der Waals surface area contributed by atoms with Crippen LogP contribution >= 0.6 is 11.6 Å². The Bertz CT molecular complexity index is 512. The van der Waals surface area contributed by atoms with Gasteiger partial charge in [0.05, 0.1) is 0 Å². The maximum absolute atomic E-state index is 13.7. The standard InChI is InChI=1S/C13H15ClFN3/c1-2-18-13(16-9-17-18)7-10(8-14)11-5-3-4-6-12(11)15/h3-6,9-10H,2,7-8H2,1H3. The van der Waals surface area contributed by atoms with Gasteiger partial charge in [-0.15, -0.1) is 11.6 Å². The number of hydrogen-bond donors (Lipinski definition) is 0. The average molecular weight is 268 g/mol. The molecule has 1 heterocycles. The first-order chi connectivity index (χ1) is 8.76. The molecule has 0 amide bonds. The molecule has 0 saturated carbocycles. The summed E-state index contributed by atoms with van der Waals surface area (Å²) >= 11 is 5.96. The Kier molecular flexibility index (Phi) is 4.31. The molecule has 0 spiro atoms. The van der Waals surface area contributed by atoms with E-state index in [1.807, 2.05) is 13.0 Å². The van der Waals surface area contributed by atoms with Crippen LogP contribution in [0.4, 0.5) is 4.39 Å². The lowest BCUT2D eigenvalue weighted by atomic mass is 9.97. The zero-order valence-electron chi connectivity index (χ0n) is 10.2. The van der Waals surface area contributed by atoms with Gasteiger partial charge in [0.2, 0.25) is 0 Å². The second-order valence-electron chi connectivity index (χ2n) is 4.07. The minimum atomic E-state index is -0.217. The van der Waals surface area contributed by atoms with Crippen LogP contribution < -0.4 is 0 Å². The number of aromatic nitrogens is 3. The largest absolute Gasteiger partial charge is 0.250 e. The third kappa shape index (κ3) is 2.70. The van der Waals surface area contributed by atoms with Crippen molar-refractivity contribution in [3.05, 3.63) is 47.8 Å². The second kappa shape index (κ2) is 5.96. The first-order valence-corrected chi connectivity index (χ1v) is 6.46. The smallest absolute Gasteiger partial charge is 0.138 e. The van der Waals surface area contributed by atoms with Gasteiger partial charge in [0.25, 0.3) is 0 Å². The van der Waals surface area contributed by atoms with Crippen molar-refractivity contribution in [2.45, 2.75) is 25.8 Å². The fourth-order valence-corrected chi connectivity index (χ4v) is 2.26. The third-order valence-corrected chi connectivity index (χ3v) is 3.33. The molecule has 1 atom stereocenters. The van der Waals surface area contributed by atoms with Crippen LogP contribution in [0.5, 0.6) is 0 Å². The molecule has 0 radical (unpaired) electrons. The summed E-state index contributed by atoms with van der Waals surface area (Å²) in [6.07, 6.45) is 2.11. The van der Waals surface area contributed by atoms with Crippen LogP contribution in [0.3, 0.4) is 0 Å². The van der Waals surface area contributed by atoms with E-state index in [0.29, 0.717) is 17.9 Å². The second-order valence-corrected chi connectivity index (χ2v) is 4.38. The molecule has 1 aromatic heterocycles. The molecule has 0 fully saturated rings. The van der Waals surface area contributed by atoms with Crippen molar-refractivity contribution in [3.8, 4) is 0 Å². The van der Waals surface area contributed by atoms with Crippen molar-refractivity contribution in [1.82, 2.24) is 14.8 Å². The van der Waals surface area contributed by atoms with Crippen molar-refractivity contribution in [3.63, 3.8) is 0 Å². The molecule has 1 aromatic carbocycles. The summed E-state index contributed by atoms with van der Waals surface area (Å²) in [5.74, 6) is 0.900. The monoisotopic (exact) mass is 267 g/mol. The van der Waals surface area contributed by atoms with Gasteiger partial charge in [-0.2, -0.15) is 5.10 Å². The molecule has 18 heavy (non-hydrogen) atoms. The zero-order valence-corrected chi connectivity index (χ0v) is 10.9. The predicted octanol–water partition coefficient (Wildman–Crippen LogP) is 3.00. The van der Waals surface area contributed by atoms with E-state index in [1.54, 1.807) is 16.8 Å². The van der Waals surface area contributed by atoms with Gasteiger partial charge >= 0.3 is 0 Å². The molecule has 2 aromatic rings. The lowest BCUT2D eigenvalue weighted by Crippen LogP contribution is -2.12. The SMILES string of the molecule is CCn1ncnc1CC(CCl)c1ccccc1F. The predicted molar refractivity (Wildman–Crippen MR) is 69.3 cm³/mol. The highest BCUT2D eigenvalue weighted by molar-refractivity contribution is 6.18. The van der Waals surface area contributed by atoms with Crippen LogP contribution in [0, 0.1) is 5.82 Å². The molecular formula is C13H15ClFN3. The van der Waals surface area contributed by atoms with E-state index in [-0.39, 0.29) is 11.7 Å². The number of hydrogen-bond acceptors (Lipinski definition) is 2. The Morgan fingerprint density at radius 1 is 1.39 bits per heavy atom. The zero-order chi connectivity index (χ0) is 13.0. The Hall–Kier alpha value is -1.42. The van der Waals surface area contributed by atoms with E-state index >= 15 is 0 Å². The number of nitrogens with zero attached hydrogens (tertiary/aromatic N) is 3. The van der Waals surface area contributed by atoms with Crippen LogP contribution in [-0.2, 0) is 13.0 Å². The van der Waals surface area contributed by atoms with Gasteiger partial charge < -0.3 is 0 Å². The summed E-state index contributed by atoms with van der Waals surface area (Å²) in [6.45, 7) is 2.75. The summed E-state index contributed by atoms with van der Waals surface area (Å²) in [5.41, 5.74) is 0.637. The summed E-state index contributed by atoms with van der Waals surface area (Å²) in [7, 11) is 0. The van der Waals surface area contributed by atoms with Gasteiger partial charge in [0, 0.05) is 24.8 Å². The number of aryl methyl sites for hydroxylation is 1. The van der Waals surface area contributed by atoms with Gasteiger partial charge in [-0.25, -0.2) is 9.37 Å². The molecule has 2 rings (SSSR count). The maximum atomic E-state index is 13.7. The fraction of sp³-hybridized carbons (Fsp3) is 0.385.